The van der Waals surface area contributed by atoms with Gasteiger partial charge in [0.25, 0.3) is 5.91 Å². The molecule has 2 N–H and O–H groups in total. The minimum absolute atomic E-state index is 2.26. The van der Waals surface area contributed by atoms with Gasteiger partial charge in [-0.3, -0.25) is 4.79 Å². The van der Waals surface area contributed by atoms with Gasteiger partial charge >= 0.3 is 11.3 Å². The first-order chi connectivity index (χ1) is 4.19. The van der Waals surface area contributed by atoms with Crippen LogP contribution in [-0.2, 0) is 4.79 Å². The van der Waals surface area contributed by atoms with E-state index in [4.69, 9.17) is 0 Å². The van der Waals surface area contributed by atoms with Gasteiger partial charge in [0.05, 0.1) is 0 Å². The van der Waals surface area contributed by atoms with Gasteiger partial charge in [0.2, 0.25) is 0 Å². The summed E-state index contributed by atoms with van der Waals surface area (Å²) in [5.74, 6) is -2.26. The first-order valence-corrected chi connectivity index (χ1v) is 2.32. The van der Waals surface area contributed by atoms with Gasteiger partial charge in [0.1, 0.15) is 0 Å². The van der Waals surface area contributed by atoms with E-state index in [0.29, 0.717) is 0 Å². The van der Waals surface area contributed by atoms with Crippen LogP contribution in [0.3, 0.4) is 0 Å². The third kappa shape index (κ3) is 1.50. The van der Waals surface area contributed by atoms with E-state index >= 15 is 0 Å². The van der Waals surface area contributed by atoms with E-state index in [-0.39, 0.29) is 0 Å². The molecule has 0 aliphatic carbocycles. The number of amides is 1. The van der Waals surface area contributed by atoms with Crippen molar-refractivity contribution in [2.24, 2.45) is 5.73 Å². The number of carbonyl (C=O) groups is 1. The van der Waals surface area contributed by atoms with E-state index in [9.17, 15) is 22.4 Å². The molecule has 0 aromatic carbocycles. The first kappa shape index (κ1) is 9.48. The number of halogens is 5. The van der Waals surface area contributed by atoms with Crippen molar-refractivity contribution in [1.82, 2.24) is 0 Å². The summed E-state index contributed by atoms with van der Waals surface area (Å²) in [5.41, 5.74) is 3.99. The van der Waals surface area contributed by atoms with Crippen molar-refractivity contribution in [2.75, 3.05) is 0 Å². The molecule has 1 atom stereocenters. The third-order valence-electron chi connectivity index (χ3n) is 0.665. The summed E-state index contributed by atoms with van der Waals surface area (Å²) in [4.78, 5) is 9.66. The summed E-state index contributed by atoms with van der Waals surface area (Å²) >= 11 is 4.08. The summed E-state index contributed by atoms with van der Waals surface area (Å²) in [6.07, 6.45) is -5.46. The van der Waals surface area contributed by atoms with Crippen LogP contribution < -0.4 is 5.73 Å². The van der Waals surface area contributed by atoms with Gasteiger partial charge in [-0.2, -0.15) is 13.2 Å². The fraction of sp³-hybridized carbons (Fsp3) is 0.667. The summed E-state index contributed by atoms with van der Waals surface area (Å²) in [5, 5.41) is -4.45. The SMILES string of the molecule is NC(=O)[C@@](F)(Cl)C(F)(F)F. The molecule has 0 radical (unpaired) electrons. The van der Waals surface area contributed by atoms with Gasteiger partial charge in [-0.05, 0) is 0 Å². The molecule has 0 aromatic rings. The van der Waals surface area contributed by atoms with E-state index in [1.807, 2.05) is 0 Å². The van der Waals surface area contributed by atoms with Gasteiger partial charge in [-0.15, -0.1) is 0 Å². The molecule has 0 heterocycles. The number of hydrogen-bond donors (Lipinski definition) is 1. The molecule has 0 unspecified atom stereocenters. The predicted octanol–water partition coefficient (Wildman–Crippen LogP) is 0.939. The maximum Gasteiger partial charge on any atom is 0.446 e. The fourth-order valence-electron chi connectivity index (χ4n) is 0.140. The molecule has 7 heteroatoms. The molecule has 60 valence electrons. The average Bonchev–Trinajstić information content (AvgIpc) is 1.62. The van der Waals surface area contributed by atoms with Gasteiger partial charge in [-0.25, -0.2) is 4.39 Å². The zero-order valence-electron chi connectivity index (χ0n) is 4.38. The van der Waals surface area contributed by atoms with Crippen LogP contribution >= 0.6 is 11.6 Å². The van der Waals surface area contributed by atoms with Crippen molar-refractivity contribution < 1.29 is 22.4 Å². The van der Waals surface area contributed by atoms with Gasteiger partial charge < -0.3 is 5.73 Å². The van der Waals surface area contributed by atoms with E-state index in [1.54, 1.807) is 0 Å². The second-order valence-corrected chi connectivity index (χ2v) is 1.96. The molecule has 0 aromatic heterocycles. The Hall–Kier alpha value is -0.520. The zero-order chi connectivity index (χ0) is 8.58. The molecule has 0 saturated carbocycles. The number of alkyl halides is 5. The van der Waals surface area contributed by atoms with Crippen molar-refractivity contribution in [3.8, 4) is 0 Å². The number of nitrogens with two attached hydrogens (primary N) is 1. The Morgan fingerprint density at radius 2 is 1.60 bits per heavy atom. The van der Waals surface area contributed by atoms with Crippen molar-refractivity contribution in [3.63, 3.8) is 0 Å². The van der Waals surface area contributed by atoms with Crippen molar-refractivity contribution in [3.05, 3.63) is 0 Å². The smallest absolute Gasteiger partial charge is 0.365 e. The van der Waals surface area contributed by atoms with E-state index < -0.39 is 17.2 Å². The van der Waals surface area contributed by atoms with Crippen LogP contribution in [0.15, 0.2) is 0 Å². The molecule has 1 amide bonds. The minimum Gasteiger partial charge on any atom is -0.365 e. The molecule has 0 fully saturated rings. The van der Waals surface area contributed by atoms with Crippen molar-refractivity contribution in [1.29, 1.82) is 0 Å². The van der Waals surface area contributed by atoms with Gasteiger partial charge in [-0.1, -0.05) is 11.6 Å². The molecule has 2 nitrogen and oxygen atoms in total. The van der Waals surface area contributed by atoms with Crippen LogP contribution in [0.4, 0.5) is 17.6 Å². The monoisotopic (exact) mass is 179 g/mol. The lowest BCUT2D eigenvalue weighted by Crippen LogP contribution is -2.47. The van der Waals surface area contributed by atoms with Gasteiger partial charge in [0, 0.05) is 0 Å². The highest BCUT2D eigenvalue weighted by Crippen LogP contribution is 2.36. The van der Waals surface area contributed by atoms with Crippen molar-refractivity contribution in [2.45, 2.75) is 11.3 Å². The highest BCUT2D eigenvalue weighted by atomic mass is 35.5. The topological polar surface area (TPSA) is 43.1 Å². The molecule has 0 spiro atoms. The summed E-state index contributed by atoms with van der Waals surface area (Å²) in [7, 11) is 0. The zero-order valence-corrected chi connectivity index (χ0v) is 5.13. The average molecular weight is 179 g/mol. The van der Waals surface area contributed by atoms with Crippen LogP contribution in [0, 0.1) is 0 Å². The standard InChI is InChI=1S/C3H2ClF4NO/c4-2(5,1(9)10)3(6,7)8/h(H2,9,10)/t2-/m0/s1. The molecule has 0 bridgehead atoms. The Balaban J connectivity index is 4.57. The molecular formula is C3H2ClF4NO. The van der Waals surface area contributed by atoms with E-state index in [2.05, 4.69) is 17.3 Å². The minimum atomic E-state index is -5.46. The van der Waals surface area contributed by atoms with Crippen molar-refractivity contribution >= 4 is 17.5 Å². The molecule has 10 heavy (non-hydrogen) atoms. The molecule has 0 aliphatic heterocycles. The molecule has 0 rings (SSSR count). The maximum atomic E-state index is 11.9. The third-order valence-corrected chi connectivity index (χ3v) is 1.07. The number of carbonyl (C=O) groups excluding carboxylic acids is 1. The lowest BCUT2D eigenvalue weighted by molar-refractivity contribution is -0.198. The van der Waals surface area contributed by atoms with Crippen LogP contribution in [0.5, 0.6) is 0 Å². The Morgan fingerprint density at radius 1 is 1.30 bits per heavy atom. The number of rotatable bonds is 1. The molecule has 0 saturated heterocycles. The maximum absolute atomic E-state index is 11.9. The second kappa shape index (κ2) is 2.26. The van der Waals surface area contributed by atoms with Crippen LogP contribution in [0.2, 0.25) is 0 Å². The highest BCUT2D eigenvalue weighted by molar-refractivity contribution is 6.34. The number of hydrogen-bond acceptors (Lipinski definition) is 1. The highest BCUT2D eigenvalue weighted by Gasteiger charge is 2.60. The lowest BCUT2D eigenvalue weighted by Gasteiger charge is -2.16. The van der Waals surface area contributed by atoms with Gasteiger partial charge in [0.15, 0.2) is 0 Å². The summed E-state index contributed by atoms with van der Waals surface area (Å²) in [6, 6.07) is 0. The Kier molecular flexibility index (Phi) is 2.15. The first-order valence-electron chi connectivity index (χ1n) is 1.94. The lowest BCUT2D eigenvalue weighted by atomic mass is 10.3. The van der Waals surface area contributed by atoms with E-state index in [1.165, 1.54) is 0 Å². The second-order valence-electron chi connectivity index (χ2n) is 1.44. The molecule has 0 aliphatic rings. The van der Waals surface area contributed by atoms with E-state index in [0.717, 1.165) is 0 Å². The van der Waals surface area contributed by atoms with Crippen LogP contribution in [-0.4, -0.2) is 17.2 Å². The number of primary amides is 1. The van der Waals surface area contributed by atoms with Crippen LogP contribution in [0.25, 0.3) is 0 Å². The molecular weight excluding hydrogens is 177 g/mol. The fourth-order valence-corrected chi connectivity index (χ4v) is 0.140. The quantitative estimate of drug-likeness (QED) is 0.472. The Morgan fingerprint density at radius 3 is 1.60 bits per heavy atom. The Bertz CT molecular complexity index is 153. The summed E-state index contributed by atoms with van der Waals surface area (Å²) < 4.78 is 45.7. The van der Waals surface area contributed by atoms with Crippen LogP contribution in [0.1, 0.15) is 0 Å². The largest absolute Gasteiger partial charge is 0.446 e. The normalized spacial score (nSPS) is 18.1. The summed E-state index contributed by atoms with van der Waals surface area (Å²) in [6.45, 7) is 0. The predicted molar refractivity (Wildman–Crippen MR) is 24.9 cm³/mol. The Labute approximate surface area is 57.9 Å².